The minimum absolute atomic E-state index is 0.549. The first-order chi connectivity index (χ1) is 14.7. The Morgan fingerprint density at radius 1 is 0.900 bits per heavy atom. The fourth-order valence-electron chi connectivity index (χ4n) is 3.56. The summed E-state index contributed by atoms with van der Waals surface area (Å²) in [6, 6.07) is 19.8. The molecule has 0 atom stereocenters. The molecule has 0 amide bonds. The Labute approximate surface area is 175 Å². The van der Waals surface area contributed by atoms with Crippen LogP contribution in [0.4, 0.5) is 5.69 Å². The molecule has 4 aromatic rings. The Hall–Kier alpha value is -3.64. The van der Waals surface area contributed by atoms with E-state index in [0.29, 0.717) is 11.7 Å². The second-order valence-electron chi connectivity index (χ2n) is 7.38. The molecular weight excluding hydrogens is 376 g/mol. The highest BCUT2D eigenvalue weighted by Gasteiger charge is 2.17. The van der Waals surface area contributed by atoms with Gasteiger partial charge in [-0.25, -0.2) is 4.98 Å². The molecule has 1 aliphatic rings. The van der Waals surface area contributed by atoms with E-state index in [0.717, 1.165) is 42.4 Å². The van der Waals surface area contributed by atoms with Crippen LogP contribution in [0, 0.1) is 0 Å². The highest BCUT2D eigenvalue weighted by molar-refractivity contribution is 5.61. The van der Waals surface area contributed by atoms with Gasteiger partial charge in [-0.3, -0.25) is 9.88 Å². The van der Waals surface area contributed by atoms with E-state index in [1.807, 2.05) is 48.5 Å². The second kappa shape index (κ2) is 8.00. The predicted octanol–water partition coefficient (Wildman–Crippen LogP) is 4.91. The van der Waals surface area contributed by atoms with Gasteiger partial charge in [0.2, 0.25) is 5.89 Å². The largest absolute Gasteiger partial charge is 0.457 e. The fraction of sp³-hybridized carbons (Fsp3) is 0.167. The number of oxazole rings is 1. The van der Waals surface area contributed by atoms with Crippen molar-refractivity contribution >= 4 is 5.69 Å². The van der Waals surface area contributed by atoms with Crippen molar-refractivity contribution in [2.24, 2.45) is 0 Å². The molecule has 0 aliphatic carbocycles. The van der Waals surface area contributed by atoms with Gasteiger partial charge in [-0.1, -0.05) is 12.1 Å². The Morgan fingerprint density at radius 2 is 1.73 bits per heavy atom. The molecule has 6 nitrogen and oxygen atoms in total. The minimum atomic E-state index is 0.549. The Balaban J connectivity index is 1.35. The van der Waals surface area contributed by atoms with Crippen LogP contribution in [-0.4, -0.2) is 41.7 Å². The lowest BCUT2D eigenvalue weighted by Gasteiger charge is -2.19. The molecule has 0 N–H and O–H groups in total. The summed E-state index contributed by atoms with van der Waals surface area (Å²) in [5, 5.41) is 0. The molecule has 3 heterocycles. The van der Waals surface area contributed by atoms with Crippen LogP contribution >= 0.6 is 0 Å². The van der Waals surface area contributed by atoms with Crippen LogP contribution in [0.2, 0.25) is 0 Å². The van der Waals surface area contributed by atoms with E-state index < -0.39 is 0 Å². The van der Waals surface area contributed by atoms with Gasteiger partial charge < -0.3 is 14.1 Å². The summed E-state index contributed by atoms with van der Waals surface area (Å²) in [7, 11) is 2.13. The number of pyridine rings is 1. The van der Waals surface area contributed by atoms with Crippen molar-refractivity contribution in [3.05, 3.63) is 79.3 Å². The third-order valence-electron chi connectivity index (χ3n) is 5.11. The minimum Gasteiger partial charge on any atom is -0.457 e. The maximum Gasteiger partial charge on any atom is 0.226 e. The number of nitrogens with zero attached hydrogens (tertiary/aromatic N) is 4. The first-order valence-corrected chi connectivity index (χ1v) is 9.93. The van der Waals surface area contributed by atoms with Crippen molar-refractivity contribution in [3.63, 3.8) is 0 Å². The van der Waals surface area contributed by atoms with Gasteiger partial charge in [0, 0.05) is 48.4 Å². The zero-order valence-electron chi connectivity index (χ0n) is 16.7. The molecule has 0 spiro atoms. The van der Waals surface area contributed by atoms with Crippen molar-refractivity contribution in [1.82, 2.24) is 14.9 Å². The quantitative estimate of drug-likeness (QED) is 0.476. The fourth-order valence-corrected chi connectivity index (χ4v) is 3.56. The number of aromatic nitrogens is 2. The summed E-state index contributed by atoms with van der Waals surface area (Å²) >= 11 is 0. The smallest absolute Gasteiger partial charge is 0.226 e. The van der Waals surface area contributed by atoms with Gasteiger partial charge in [0.05, 0.1) is 12.9 Å². The van der Waals surface area contributed by atoms with Crippen LogP contribution in [0.3, 0.4) is 0 Å². The molecule has 150 valence electrons. The zero-order valence-corrected chi connectivity index (χ0v) is 16.7. The number of ether oxygens (including phenoxy) is 1. The highest BCUT2D eigenvalue weighted by atomic mass is 16.5. The summed E-state index contributed by atoms with van der Waals surface area (Å²) in [4.78, 5) is 13.2. The molecule has 0 unspecified atom stereocenters. The SMILES string of the molecule is CN1CCN(c2cccc(Oc3cccc(-c4ncc(-c5cccnc5)o4)c3)c2)C1. The molecule has 1 fully saturated rings. The molecular formula is C24H22N4O2. The summed E-state index contributed by atoms with van der Waals surface area (Å²) in [6.07, 6.45) is 5.21. The van der Waals surface area contributed by atoms with Gasteiger partial charge in [-0.05, 0) is 49.5 Å². The van der Waals surface area contributed by atoms with Crippen LogP contribution in [0.5, 0.6) is 11.5 Å². The standard InChI is InChI=1S/C24H22N4O2/c1-27-11-12-28(17-27)20-7-3-9-22(14-20)29-21-8-2-5-18(13-21)24-26-16-23(30-24)19-6-4-10-25-15-19/h2-10,13-16H,11-12,17H2,1H3. The van der Waals surface area contributed by atoms with E-state index in [1.165, 1.54) is 5.69 Å². The van der Waals surface area contributed by atoms with Crippen molar-refractivity contribution < 1.29 is 9.15 Å². The average molecular weight is 398 g/mol. The molecule has 0 radical (unpaired) electrons. The van der Waals surface area contributed by atoms with Gasteiger partial charge in [0.25, 0.3) is 0 Å². The first-order valence-electron chi connectivity index (χ1n) is 9.93. The average Bonchev–Trinajstić information content (AvgIpc) is 3.44. The molecule has 0 saturated carbocycles. The molecule has 2 aromatic carbocycles. The maximum absolute atomic E-state index is 6.14. The molecule has 5 rings (SSSR count). The van der Waals surface area contributed by atoms with Crippen molar-refractivity contribution in [1.29, 1.82) is 0 Å². The summed E-state index contributed by atoms with van der Waals surface area (Å²) < 4.78 is 12.1. The van der Waals surface area contributed by atoms with E-state index >= 15 is 0 Å². The van der Waals surface area contributed by atoms with Crippen LogP contribution in [0.1, 0.15) is 0 Å². The summed E-state index contributed by atoms with van der Waals surface area (Å²) in [5.41, 5.74) is 2.93. The zero-order chi connectivity index (χ0) is 20.3. The lowest BCUT2D eigenvalue weighted by Crippen LogP contribution is -2.22. The number of anilines is 1. The van der Waals surface area contributed by atoms with Gasteiger partial charge in [-0.15, -0.1) is 0 Å². The predicted molar refractivity (Wildman–Crippen MR) is 117 cm³/mol. The van der Waals surface area contributed by atoms with Crippen molar-refractivity contribution in [2.45, 2.75) is 0 Å². The number of hydrogen-bond donors (Lipinski definition) is 0. The first kappa shape index (κ1) is 18.4. The summed E-state index contributed by atoms with van der Waals surface area (Å²) in [6.45, 7) is 3.03. The third-order valence-corrected chi connectivity index (χ3v) is 5.11. The normalized spacial score (nSPS) is 14.2. The maximum atomic E-state index is 6.14. The molecule has 0 bridgehead atoms. The Morgan fingerprint density at radius 3 is 2.53 bits per heavy atom. The number of hydrogen-bond acceptors (Lipinski definition) is 6. The molecule has 6 heteroatoms. The van der Waals surface area contributed by atoms with E-state index in [2.05, 4.69) is 38.9 Å². The van der Waals surface area contributed by atoms with Crippen LogP contribution in [0.15, 0.2) is 83.7 Å². The lowest BCUT2D eigenvalue weighted by molar-refractivity contribution is 0.421. The van der Waals surface area contributed by atoms with Gasteiger partial charge in [-0.2, -0.15) is 0 Å². The van der Waals surface area contributed by atoms with Crippen molar-refractivity contribution in [2.75, 3.05) is 31.7 Å². The Bertz CT molecular complexity index is 1140. The summed E-state index contributed by atoms with van der Waals surface area (Å²) in [5.74, 6) is 2.79. The number of benzene rings is 2. The number of likely N-dealkylation sites (N-methyl/N-ethyl adjacent to an activating group) is 1. The van der Waals surface area contributed by atoms with Gasteiger partial charge in [0.1, 0.15) is 11.5 Å². The lowest BCUT2D eigenvalue weighted by atomic mass is 10.2. The topological polar surface area (TPSA) is 54.6 Å². The molecule has 1 aliphatic heterocycles. The van der Waals surface area contributed by atoms with E-state index in [-0.39, 0.29) is 0 Å². The van der Waals surface area contributed by atoms with Crippen molar-refractivity contribution in [3.8, 4) is 34.3 Å². The molecule has 30 heavy (non-hydrogen) atoms. The van der Waals surface area contributed by atoms with E-state index in [1.54, 1.807) is 18.6 Å². The Kier molecular flexibility index (Phi) is 4.91. The third kappa shape index (κ3) is 3.90. The van der Waals surface area contributed by atoms with Crippen LogP contribution in [-0.2, 0) is 0 Å². The van der Waals surface area contributed by atoms with Crippen LogP contribution in [0.25, 0.3) is 22.8 Å². The molecule has 1 saturated heterocycles. The number of rotatable bonds is 5. The van der Waals surface area contributed by atoms with E-state index in [4.69, 9.17) is 9.15 Å². The monoisotopic (exact) mass is 398 g/mol. The van der Waals surface area contributed by atoms with E-state index in [9.17, 15) is 0 Å². The van der Waals surface area contributed by atoms with Gasteiger partial charge in [0.15, 0.2) is 5.76 Å². The van der Waals surface area contributed by atoms with Crippen LogP contribution < -0.4 is 9.64 Å². The molecule has 2 aromatic heterocycles. The van der Waals surface area contributed by atoms with Gasteiger partial charge >= 0.3 is 0 Å². The highest BCUT2D eigenvalue weighted by Crippen LogP contribution is 2.31. The second-order valence-corrected chi connectivity index (χ2v) is 7.38.